The van der Waals surface area contributed by atoms with E-state index >= 15 is 0 Å². The summed E-state index contributed by atoms with van der Waals surface area (Å²) in [5.41, 5.74) is 4.18. The molecule has 0 amide bonds. The molecule has 22 heavy (non-hydrogen) atoms. The molecule has 5 nitrogen and oxygen atoms in total. The number of rotatable bonds is 5. The second-order valence-electron chi connectivity index (χ2n) is 5.45. The number of aliphatic hydroxyl groups excluding tert-OH is 1. The Balaban J connectivity index is 1.82. The van der Waals surface area contributed by atoms with Crippen LogP contribution < -0.4 is 5.32 Å². The van der Waals surface area contributed by atoms with E-state index in [9.17, 15) is 5.11 Å². The fourth-order valence-electron chi connectivity index (χ4n) is 2.72. The van der Waals surface area contributed by atoms with Crippen LogP contribution in [0.2, 0.25) is 0 Å². The fraction of sp³-hybridized carbons (Fsp3) is 0.294. The summed E-state index contributed by atoms with van der Waals surface area (Å²) in [6, 6.07) is 11.9. The van der Waals surface area contributed by atoms with Crippen LogP contribution in [0.1, 0.15) is 28.7 Å². The topological polar surface area (TPSA) is 62.5 Å². The van der Waals surface area contributed by atoms with Crippen LogP contribution in [0.3, 0.4) is 0 Å². The Morgan fingerprint density at radius 1 is 1.23 bits per heavy atom. The van der Waals surface area contributed by atoms with Crippen LogP contribution in [0.5, 0.6) is 0 Å². The maximum Gasteiger partial charge on any atom is 0.234 e. The summed E-state index contributed by atoms with van der Waals surface area (Å²) in [6.45, 7) is 4.69. The quantitative estimate of drug-likeness (QED) is 0.757. The van der Waals surface area contributed by atoms with Gasteiger partial charge in [0.1, 0.15) is 0 Å². The Morgan fingerprint density at radius 3 is 2.73 bits per heavy atom. The second-order valence-corrected chi connectivity index (χ2v) is 5.45. The van der Waals surface area contributed by atoms with Crippen molar-refractivity contribution in [3.8, 4) is 0 Å². The molecule has 114 valence electrons. The first kappa shape index (κ1) is 14.7. The van der Waals surface area contributed by atoms with Crippen LogP contribution in [-0.4, -0.2) is 26.1 Å². The lowest BCUT2D eigenvalue weighted by atomic mass is 10.1. The zero-order chi connectivity index (χ0) is 15.5. The van der Waals surface area contributed by atoms with E-state index < -0.39 is 0 Å². The molecule has 3 aromatic rings. The van der Waals surface area contributed by atoms with Crippen molar-refractivity contribution in [1.82, 2.24) is 19.7 Å². The molecule has 0 aliphatic heterocycles. The molecule has 3 rings (SSSR count). The first-order chi connectivity index (χ1) is 10.7. The van der Waals surface area contributed by atoms with Crippen molar-refractivity contribution in [2.75, 3.05) is 6.61 Å². The van der Waals surface area contributed by atoms with Crippen molar-refractivity contribution in [3.63, 3.8) is 0 Å². The first-order valence-corrected chi connectivity index (χ1v) is 7.39. The first-order valence-electron chi connectivity index (χ1n) is 7.39. The number of aromatic nitrogens is 3. The minimum absolute atomic E-state index is 0.0527. The number of nitrogens with one attached hydrogen (secondary N) is 1. The summed E-state index contributed by atoms with van der Waals surface area (Å²) in [6.07, 6.45) is 1.83. The van der Waals surface area contributed by atoms with Crippen molar-refractivity contribution in [2.45, 2.75) is 26.4 Å². The molecular weight excluding hydrogens is 276 g/mol. The molecule has 0 fully saturated rings. The lowest BCUT2D eigenvalue weighted by Crippen LogP contribution is -2.24. The zero-order valence-corrected chi connectivity index (χ0v) is 12.8. The van der Waals surface area contributed by atoms with E-state index in [2.05, 4.69) is 15.3 Å². The highest BCUT2D eigenvalue weighted by atomic mass is 16.3. The Hall–Kier alpha value is -2.24. The zero-order valence-electron chi connectivity index (χ0n) is 12.8. The van der Waals surface area contributed by atoms with Crippen LogP contribution in [-0.2, 0) is 6.54 Å². The summed E-state index contributed by atoms with van der Waals surface area (Å²) >= 11 is 0. The Bertz CT molecular complexity index is 767. The van der Waals surface area contributed by atoms with Crippen LogP contribution in [0.4, 0.5) is 0 Å². The number of fused-ring (bicyclic) bond motifs is 1. The third-order valence-corrected chi connectivity index (χ3v) is 3.78. The number of nitrogens with zero attached hydrogens (tertiary/aromatic N) is 3. The van der Waals surface area contributed by atoms with Gasteiger partial charge in [-0.25, -0.2) is 9.97 Å². The molecule has 0 spiro atoms. The number of aliphatic hydroxyl groups is 1. The molecule has 2 aromatic heterocycles. The summed E-state index contributed by atoms with van der Waals surface area (Å²) in [4.78, 5) is 8.80. The summed E-state index contributed by atoms with van der Waals surface area (Å²) in [5, 5.41) is 13.0. The van der Waals surface area contributed by atoms with Gasteiger partial charge < -0.3 is 10.4 Å². The molecule has 1 aromatic carbocycles. The van der Waals surface area contributed by atoms with Gasteiger partial charge in [0.25, 0.3) is 0 Å². The van der Waals surface area contributed by atoms with E-state index in [1.165, 1.54) is 0 Å². The Morgan fingerprint density at radius 2 is 2.00 bits per heavy atom. The molecule has 0 saturated heterocycles. The van der Waals surface area contributed by atoms with Gasteiger partial charge in [0.2, 0.25) is 5.78 Å². The molecule has 5 heteroatoms. The van der Waals surface area contributed by atoms with E-state index in [0.29, 0.717) is 6.54 Å². The van der Waals surface area contributed by atoms with Gasteiger partial charge in [-0.05, 0) is 25.5 Å². The van der Waals surface area contributed by atoms with Gasteiger partial charge in [0.15, 0.2) is 0 Å². The Labute approximate surface area is 129 Å². The largest absolute Gasteiger partial charge is 0.394 e. The third kappa shape index (κ3) is 2.86. The molecule has 2 heterocycles. The SMILES string of the molecule is Cc1cc(C)n2c(CN[C@H](CO)c3ccccc3)cnc2n1. The molecule has 1 atom stereocenters. The van der Waals surface area contributed by atoms with Gasteiger partial charge in [-0.1, -0.05) is 30.3 Å². The van der Waals surface area contributed by atoms with Crippen LogP contribution >= 0.6 is 0 Å². The van der Waals surface area contributed by atoms with Gasteiger partial charge in [-0.2, -0.15) is 0 Å². The van der Waals surface area contributed by atoms with Gasteiger partial charge in [-0.15, -0.1) is 0 Å². The monoisotopic (exact) mass is 296 g/mol. The molecular formula is C17H20N4O. The van der Waals surface area contributed by atoms with Crippen molar-refractivity contribution < 1.29 is 5.11 Å². The summed E-state index contributed by atoms with van der Waals surface area (Å²) in [7, 11) is 0. The van der Waals surface area contributed by atoms with Gasteiger partial charge in [-0.3, -0.25) is 4.40 Å². The smallest absolute Gasteiger partial charge is 0.234 e. The predicted octanol–water partition coefficient (Wildman–Crippen LogP) is 2.17. The highest BCUT2D eigenvalue weighted by Crippen LogP contribution is 2.14. The minimum Gasteiger partial charge on any atom is -0.394 e. The summed E-state index contributed by atoms with van der Waals surface area (Å²) < 4.78 is 2.04. The molecule has 0 radical (unpaired) electrons. The maximum absolute atomic E-state index is 9.62. The lowest BCUT2D eigenvalue weighted by molar-refractivity contribution is 0.243. The van der Waals surface area contributed by atoms with Crippen LogP contribution in [0, 0.1) is 13.8 Å². The Kier molecular flexibility index (Phi) is 4.18. The number of hydrogen-bond donors (Lipinski definition) is 2. The number of benzene rings is 1. The molecule has 2 N–H and O–H groups in total. The van der Waals surface area contributed by atoms with E-state index in [1.54, 1.807) is 0 Å². The van der Waals surface area contributed by atoms with Crippen molar-refractivity contribution in [1.29, 1.82) is 0 Å². The average molecular weight is 296 g/mol. The van der Waals surface area contributed by atoms with Gasteiger partial charge in [0.05, 0.1) is 24.5 Å². The molecule has 0 aliphatic carbocycles. The highest BCUT2D eigenvalue weighted by Gasteiger charge is 2.12. The van der Waals surface area contributed by atoms with E-state index in [4.69, 9.17) is 0 Å². The van der Waals surface area contributed by atoms with Crippen molar-refractivity contribution in [2.24, 2.45) is 0 Å². The maximum atomic E-state index is 9.62. The molecule has 0 aliphatic rings. The van der Waals surface area contributed by atoms with Crippen molar-refractivity contribution >= 4 is 5.78 Å². The van der Waals surface area contributed by atoms with E-state index in [1.807, 2.05) is 60.8 Å². The third-order valence-electron chi connectivity index (χ3n) is 3.78. The normalized spacial score (nSPS) is 12.7. The highest BCUT2D eigenvalue weighted by molar-refractivity contribution is 5.35. The van der Waals surface area contributed by atoms with Crippen LogP contribution in [0.25, 0.3) is 5.78 Å². The number of hydrogen-bond acceptors (Lipinski definition) is 4. The molecule has 0 unspecified atom stereocenters. The lowest BCUT2D eigenvalue weighted by Gasteiger charge is -2.16. The number of aryl methyl sites for hydroxylation is 2. The van der Waals surface area contributed by atoms with Crippen LogP contribution in [0.15, 0.2) is 42.6 Å². The van der Waals surface area contributed by atoms with E-state index in [-0.39, 0.29) is 12.6 Å². The van der Waals surface area contributed by atoms with E-state index in [0.717, 1.165) is 28.4 Å². The number of imidazole rings is 1. The standard InChI is InChI=1S/C17H20N4O/c1-12-8-13(2)21-15(10-19-17(21)20-12)9-18-16(11-22)14-6-4-3-5-7-14/h3-8,10,16,18,22H,9,11H2,1-2H3/t16-/m1/s1. The minimum atomic E-state index is -0.0922. The second kappa shape index (κ2) is 6.25. The average Bonchev–Trinajstić information content (AvgIpc) is 2.92. The van der Waals surface area contributed by atoms with Gasteiger partial charge >= 0.3 is 0 Å². The molecule has 0 bridgehead atoms. The fourth-order valence-corrected chi connectivity index (χ4v) is 2.72. The van der Waals surface area contributed by atoms with Gasteiger partial charge in [0, 0.05) is 17.9 Å². The predicted molar refractivity (Wildman–Crippen MR) is 85.6 cm³/mol. The van der Waals surface area contributed by atoms with Crippen molar-refractivity contribution in [3.05, 3.63) is 65.2 Å². The molecule has 0 saturated carbocycles. The summed E-state index contributed by atoms with van der Waals surface area (Å²) in [5.74, 6) is 0.717.